The molecule has 0 aliphatic heterocycles. The molecule has 0 radical (unpaired) electrons. The number of benzene rings is 2. The molecular weight excluding hydrogens is 548 g/mol. The number of aryl methyl sites for hydroxylation is 2. The number of amides is 1. The Bertz CT molecular complexity index is 906. The minimum absolute atomic E-state index is 0.101. The van der Waals surface area contributed by atoms with Crippen LogP contribution in [0.4, 0.5) is 0 Å². The Morgan fingerprint density at radius 1 is 0.773 bits per heavy atom. The molecule has 0 heterocycles. The summed E-state index contributed by atoms with van der Waals surface area (Å²) in [6.07, 6.45) is 12.8. The highest BCUT2D eigenvalue weighted by Crippen LogP contribution is 2.26. The molecule has 0 spiro atoms. The Kier molecular flexibility index (Phi) is 43.2. The summed E-state index contributed by atoms with van der Waals surface area (Å²) >= 11 is 0. The van der Waals surface area contributed by atoms with Gasteiger partial charge in [0.1, 0.15) is 12.3 Å². The first-order valence-corrected chi connectivity index (χ1v) is 16.8. The van der Waals surface area contributed by atoms with Crippen LogP contribution in [0.15, 0.2) is 42.5 Å². The number of hydrogen-bond donors (Lipinski definition) is 1. The van der Waals surface area contributed by atoms with E-state index in [1.165, 1.54) is 63.4 Å². The Balaban J connectivity index is -0.000000262. The number of nitriles is 1. The van der Waals surface area contributed by atoms with E-state index in [0.29, 0.717) is 24.7 Å². The molecule has 0 aromatic heterocycles. The molecule has 0 fully saturated rings. The van der Waals surface area contributed by atoms with E-state index in [1.807, 2.05) is 52.8 Å². The van der Waals surface area contributed by atoms with Crippen LogP contribution in [0, 0.1) is 25.2 Å². The number of nitrogens with one attached hydrogen (secondary N) is 1. The van der Waals surface area contributed by atoms with Gasteiger partial charge >= 0.3 is 0 Å². The van der Waals surface area contributed by atoms with Crippen molar-refractivity contribution in [2.45, 2.75) is 140 Å². The molecular formula is C38H66N2O4. The molecule has 0 bridgehead atoms. The van der Waals surface area contributed by atoms with Crippen molar-refractivity contribution in [3.05, 3.63) is 53.6 Å². The highest BCUT2D eigenvalue weighted by molar-refractivity contribution is 5.66. The zero-order valence-corrected chi connectivity index (χ0v) is 30.1. The normalized spacial score (nSPS) is 9.50. The second-order valence-corrected chi connectivity index (χ2v) is 9.43. The number of unbranched alkanes of at least 4 members (excludes halogenated alkanes) is 4. The zero-order chi connectivity index (χ0) is 34.4. The molecule has 0 aliphatic rings. The molecule has 1 amide bonds. The third-order valence-electron chi connectivity index (χ3n) is 5.91. The van der Waals surface area contributed by atoms with Gasteiger partial charge in [0.2, 0.25) is 6.41 Å². The van der Waals surface area contributed by atoms with Crippen molar-refractivity contribution in [1.82, 2.24) is 5.32 Å². The molecule has 2 aromatic rings. The predicted octanol–water partition coefficient (Wildman–Crippen LogP) is 10.8. The van der Waals surface area contributed by atoms with E-state index in [9.17, 15) is 9.59 Å². The van der Waals surface area contributed by atoms with E-state index in [0.717, 1.165) is 23.3 Å². The molecule has 252 valence electrons. The van der Waals surface area contributed by atoms with Crippen molar-refractivity contribution in [1.29, 1.82) is 5.26 Å². The maximum absolute atomic E-state index is 10.3. The van der Waals surface area contributed by atoms with E-state index in [-0.39, 0.29) is 6.54 Å². The summed E-state index contributed by atoms with van der Waals surface area (Å²) in [7, 11) is 0. The lowest BCUT2D eigenvalue weighted by molar-refractivity contribution is -0.120. The molecule has 1 unspecified atom stereocenters. The average molecular weight is 615 g/mol. The minimum Gasteiger partial charge on any atom is -0.428 e. The Hall–Kier alpha value is -3.17. The topological polar surface area (TPSA) is 88.4 Å². The molecule has 2 aromatic carbocycles. The van der Waals surface area contributed by atoms with Gasteiger partial charge in [-0.25, -0.2) is 0 Å². The molecule has 2 rings (SSSR count). The fourth-order valence-corrected chi connectivity index (χ4v) is 3.45. The van der Waals surface area contributed by atoms with Crippen molar-refractivity contribution < 1.29 is 19.1 Å². The summed E-state index contributed by atoms with van der Waals surface area (Å²) < 4.78 is 10.6. The molecule has 1 N–H and O–H groups in total. The van der Waals surface area contributed by atoms with Gasteiger partial charge in [-0.05, 0) is 62.4 Å². The van der Waals surface area contributed by atoms with Crippen molar-refractivity contribution in [2.24, 2.45) is 0 Å². The van der Waals surface area contributed by atoms with Gasteiger partial charge in [-0.15, -0.1) is 0 Å². The first kappa shape index (κ1) is 47.8. The van der Waals surface area contributed by atoms with Crippen LogP contribution in [0.25, 0.3) is 11.1 Å². The summed E-state index contributed by atoms with van der Waals surface area (Å²) in [5.41, 5.74) is 4.48. The van der Waals surface area contributed by atoms with Crippen LogP contribution >= 0.6 is 0 Å². The quantitative estimate of drug-likeness (QED) is 0.122. The smallest absolute Gasteiger partial charge is 0.298 e. The average Bonchev–Trinajstić information content (AvgIpc) is 3.06. The van der Waals surface area contributed by atoms with Gasteiger partial charge in [0.15, 0.2) is 0 Å². The fourth-order valence-electron chi connectivity index (χ4n) is 3.45. The van der Waals surface area contributed by atoms with Crippen LogP contribution in [-0.4, -0.2) is 32.1 Å². The lowest BCUT2D eigenvalue weighted by Crippen LogP contribution is -2.12. The standard InChI is InChI=1S/C15H14O2.C12H26O.C4H10.C3H4N2O.2C2H6/c1-11-3-5-13(6-4-11)14-7-8-15(17-10-16)12(2)9-14;1-4-7-9-11-12(13-6-3)10-8-5-2;1-3-4-2;4-1-2-5-3-6;2*1-2/h3-10H,1-2H3;12H,4-11H2,1-3H3;3-4H2,1-2H3;3H,2H2,(H,5,6);2*1-2H3. The largest absolute Gasteiger partial charge is 0.428 e. The molecule has 0 aliphatic carbocycles. The van der Waals surface area contributed by atoms with Crippen LogP contribution in [0.2, 0.25) is 0 Å². The van der Waals surface area contributed by atoms with E-state index >= 15 is 0 Å². The van der Waals surface area contributed by atoms with E-state index in [1.54, 1.807) is 6.07 Å². The summed E-state index contributed by atoms with van der Waals surface area (Å²) in [5, 5.41) is 9.88. The SMILES string of the molecule is CC.CC.CCCC.CCCCCC(CCCC)OCC.Cc1ccc(-c2ccc(OC=O)c(C)c2)cc1.N#CCNC=O. The first-order valence-electron chi connectivity index (χ1n) is 16.8. The summed E-state index contributed by atoms with van der Waals surface area (Å²) in [6, 6.07) is 15.9. The molecule has 0 saturated heterocycles. The molecule has 6 nitrogen and oxygen atoms in total. The highest BCUT2D eigenvalue weighted by atomic mass is 16.5. The molecule has 6 heteroatoms. The zero-order valence-electron chi connectivity index (χ0n) is 30.1. The lowest BCUT2D eigenvalue weighted by atomic mass is 10.0. The summed E-state index contributed by atoms with van der Waals surface area (Å²) in [4.78, 5) is 19.6. The maximum Gasteiger partial charge on any atom is 0.298 e. The van der Waals surface area contributed by atoms with Crippen LogP contribution in [0.5, 0.6) is 5.75 Å². The number of hydrogen-bond acceptors (Lipinski definition) is 5. The Morgan fingerprint density at radius 2 is 1.32 bits per heavy atom. The predicted molar refractivity (Wildman–Crippen MR) is 190 cm³/mol. The van der Waals surface area contributed by atoms with Gasteiger partial charge in [-0.3, -0.25) is 9.59 Å². The lowest BCUT2D eigenvalue weighted by Gasteiger charge is -2.16. The highest BCUT2D eigenvalue weighted by Gasteiger charge is 2.06. The van der Waals surface area contributed by atoms with Crippen LogP contribution in [0.3, 0.4) is 0 Å². The van der Waals surface area contributed by atoms with Gasteiger partial charge < -0.3 is 14.8 Å². The summed E-state index contributed by atoms with van der Waals surface area (Å²) in [5.74, 6) is 0.607. The minimum atomic E-state index is 0.101. The van der Waals surface area contributed by atoms with Crippen LogP contribution in [0.1, 0.15) is 131 Å². The molecule has 44 heavy (non-hydrogen) atoms. The maximum atomic E-state index is 10.3. The van der Waals surface area contributed by atoms with Crippen LogP contribution < -0.4 is 10.1 Å². The number of carbonyl (C=O) groups excluding carboxylic acids is 2. The van der Waals surface area contributed by atoms with Crippen molar-refractivity contribution in [2.75, 3.05) is 13.2 Å². The van der Waals surface area contributed by atoms with Gasteiger partial charge in [-0.1, -0.05) is 136 Å². The van der Waals surface area contributed by atoms with Gasteiger partial charge in [0.05, 0.1) is 12.2 Å². The third kappa shape index (κ3) is 30.3. The van der Waals surface area contributed by atoms with Crippen LogP contribution in [-0.2, 0) is 14.3 Å². The number of carbonyl (C=O) groups is 2. The van der Waals surface area contributed by atoms with E-state index < -0.39 is 0 Å². The fraction of sp³-hybridized carbons (Fsp3) is 0.605. The van der Waals surface area contributed by atoms with Gasteiger partial charge in [-0.2, -0.15) is 5.26 Å². The van der Waals surface area contributed by atoms with Gasteiger partial charge in [0, 0.05) is 6.61 Å². The Morgan fingerprint density at radius 3 is 1.73 bits per heavy atom. The number of nitrogens with zero attached hydrogens (tertiary/aromatic N) is 1. The van der Waals surface area contributed by atoms with E-state index in [2.05, 4.69) is 71.1 Å². The van der Waals surface area contributed by atoms with Crippen molar-refractivity contribution in [3.63, 3.8) is 0 Å². The van der Waals surface area contributed by atoms with Crippen molar-refractivity contribution in [3.8, 4) is 22.9 Å². The number of ether oxygens (including phenoxy) is 2. The Labute approximate surface area is 271 Å². The molecule has 1 atom stereocenters. The van der Waals surface area contributed by atoms with Gasteiger partial charge in [0.25, 0.3) is 6.47 Å². The number of rotatable bonds is 15. The van der Waals surface area contributed by atoms with Crippen molar-refractivity contribution >= 4 is 12.9 Å². The van der Waals surface area contributed by atoms with E-state index in [4.69, 9.17) is 14.7 Å². The first-order chi connectivity index (χ1) is 21.4. The third-order valence-corrected chi connectivity index (χ3v) is 5.91. The monoisotopic (exact) mass is 615 g/mol. The summed E-state index contributed by atoms with van der Waals surface area (Å²) in [6.45, 7) is 24.4. The second-order valence-electron chi connectivity index (χ2n) is 9.43. The second kappa shape index (κ2) is 39.8. The molecule has 0 saturated carbocycles.